The zero-order valence-corrected chi connectivity index (χ0v) is 14.0. The van der Waals surface area contributed by atoms with Crippen molar-refractivity contribution < 1.29 is 24.4 Å². The van der Waals surface area contributed by atoms with Crippen molar-refractivity contribution in [2.24, 2.45) is 5.92 Å². The molecule has 0 unspecified atom stereocenters. The molecule has 0 aromatic heterocycles. The topological polar surface area (TPSA) is 142 Å². The standard InChI is InChI=1S/C16H20N4O6/c21-14(19-7-5-12(6-8-19)15(22)23)10-18-16(24)17-9-11-1-3-13(4-2-11)20(25)26/h1-4,12H,5-10H2,(H,22,23)(H2,17,18,24). The van der Waals surface area contributed by atoms with Crippen LogP contribution in [0.15, 0.2) is 24.3 Å². The summed E-state index contributed by atoms with van der Waals surface area (Å²) in [7, 11) is 0. The van der Waals surface area contributed by atoms with Crippen molar-refractivity contribution in [3.05, 3.63) is 39.9 Å². The molecule has 1 fully saturated rings. The molecule has 140 valence electrons. The Hall–Kier alpha value is -3.17. The van der Waals surface area contributed by atoms with Crippen LogP contribution in [0.4, 0.5) is 10.5 Å². The molecule has 1 aliphatic heterocycles. The minimum absolute atomic E-state index is 0.0320. The number of carboxylic acid groups (broad SMARTS) is 1. The second-order valence-electron chi connectivity index (χ2n) is 5.95. The molecule has 3 N–H and O–H groups in total. The van der Waals surface area contributed by atoms with Crippen LogP contribution in [-0.2, 0) is 16.1 Å². The van der Waals surface area contributed by atoms with Crippen LogP contribution in [-0.4, -0.2) is 52.5 Å². The Labute approximate surface area is 149 Å². The monoisotopic (exact) mass is 364 g/mol. The van der Waals surface area contributed by atoms with E-state index in [2.05, 4.69) is 10.6 Å². The highest BCUT2D eigenvalue weighted by Gasteiger charge is 2.26. The van der Waals surface area contributed by atoms with E-state index in [1.54, 1.807) is 0 Å². The number of non-ortho nitro benzene ring substituents is 1. The highest BCUT2D eigenvalue weighted by Crippen LogP contribution is 2.17. The maximum atomic E-state index is 12.0. The van der Waals surface area contributed by atoms with E-state index in [1.807, 2.05) is 0 Å². The molecule has 26 heavy (non-hydrogen) atoms. The molecule has 0 aliphatic carbocycles. The van der Waals surface area contributed by atoms with Gasteiger partial charge in [-0.15, -0.1) is 0 Å². The van der Waals surface area contributed by atoms with Gasteiger partial charge in [-0.05, 0) is 18.4 Å². The quantitative estimate of drug-likeness (QED) is 0.501. The number of carbonyl (C=O) groups is 3. The predicted octanol–water partition coefficient (Wildman–Crippen LogP) is 0.717. The van der Waals surface area contributed by atoms with Gasteiger partial charge in [0.1, 0.15) is 0 Å². The summed E-state index contributed by atoms with van der Waals surface area (Å²) >= 11 is 0. The molecule has 10 heteroatoms. The number of aliphatic carboxylic acids is 1. The van der Waals surface area contributed by atoms with Gasteiger partial charge in [0.15, 0.2) is 0 Å². The molecule has 1 saturated heterocycles. The van der Waals surface area contributed by atoms with Crippen molar-refractivity contribution in [2.45, 2.75) is 19.4 Å². The van der Waals surface area contributed by atoms with Gasteiger partial charge in [-0.25, -0.2) is 4.79 Å². The lowest BCUT2D eigenvalue weighted by Gasteiger charge is -2.30. The third kappa shape index (κ3) is 5.43. The van der Waals surface area contributed by atoms with Gasteiger partial charge in [0.25, 0.3) is 5.69 Å². The summed E-state index contributed by atoms with van der Waals surface area (Å²) in [6.07, 6.45) is 0.820. The zero-order valence-electron chi connectivity index (χ0n) is 14.0. The van der Waals surface area contributed by atoms with Crippen LogP contribution in [0.25, 0.3) is 0 Å². The molecule has 10 nitrogen and oxygen atoms in total. The predicted molar refractivity (Wildman–Crippen MR) is 90.3 cm³/mol. The lowest BCUT2D eigenvalue weighted by atomic mass is 9.97. The van der Waals surface area contributed by atoms with Gasteiger partial charge in [0.2, 0.25) is 5.91 Å². The third-order valence-corrected chi connectivity index (χ3v) is 4.20. The first-order chi connectivity index (χ1) is 12.4. The number of likely N-dealkylation sites (tertiary alicyclic amines) is 1. The number of amides is 3. The first-order valence-electron chi connectivity index (χ1n) is 8.12. The summed E-state index contributed by atoms with van der Waals surface area (Å²) in [6.45, 7) is 0.718. The second kappa shape index (κ2) is 8.79. The number of urea groups is 1. The maximum Gasteiger partial charge on any atom is 0.315 e. The van der Waals surface area contributed by atoms with E-state index in [1.165, 1.54) is 29.2 Å². The number of carbonyl (C=O) groups excluding carboxylic acids is 2. The largest absolute Gasteiger partial charge is 0.481 e. The number of rotatable bonds is 6. The molecule has 0 bridgehead atoms. The van der Waals surface area contributed by atoms with E-state index in [0.717, 1.165) is 0 Å². The van der Waals surface area contributed by atoms with E-state index in [9.17, 15) is 24.5 Å². The molecule has 0 spiro atoms. The number of piperidine rings is 1. The first-order valence-corrected chi connectivity index (χ1v) is 8.12. The second-order valence-corrected chi connectivity index (χ2v) is 5.95. The average molecular weight is 364 g/mol. The summed E-state index contributed by atoms with van der Waals surface area (Å²) in [5.41, 5.74) is 0.656. The summed E-state index contributed by atoms with van der Waals surface area (Å²) in [5.74, 6) is -1.53. The maximum absolute atomic E-state index is 12.0. The van der Waals surface area contributed by atoms with Crippen molar-refractivity contribution >= 4 is 23.6 Å². The van der Waals surface area contributed by atoms with Crippen LogP contribution < -0.4 is 10.6 Å². The lowest BCUT2D eigenvalue weighted by molar-refractivity contribution is -0.384. The highest BCUT2D eigenvalue weighted by atomic mass is 16.6. The SMILES string of the molecule is O=C(NCC(=O)N1CCC(C(=O)O)CC1)NCc1ccc([N+](=O)[O-])cc1. The zero-order chi connectivity index (χ0) is 19.1. The van der Waals surface area contributed by atoms with Crippen LogP contribution >= 0.6 is 0 Å². The van der Waals surface area contributed by atoms with E-state index in [0.29, 0.717) is 31.5 Å². The molecule has 1 aromatic rings. The Morgan fingerprint density at radius 3 is 2.31 bits per heavy atom. The van der Waals surface area contributed by atoms with Crippen molar-refractivity contribution in [1.82, 2.24) is 15.5 Å². The van der Waals surface area contributed by atoms with Crippen molar-refractivity contribution in [3.63, 3.8) is 0 Å². The molecule has 0 saturated carbocycles. The Bertz CT molecular complexity index is 682. The van der Waals surface area contributed by atoms with Crippen molar-refractivity contribution in [1.29, 1.82) is 0 Å². The molecule has 1 aliphatic rings. The fraction of sp³-hybridized carbons (Fsp3) is 0.438. The highest BCUT2D eigenvalue weighted by molar-refractivity contribution is 5.84. The van der Waals surface area contributed by atoms with Gasteiger partial charge in [0.05, 0.1) is 17.4 Å². The molecule has 2 rings (SSSR count). The Balaban J connectivity index is 1.69. The van der Waals surface area contributed by atoms with Gasteiger partial charge in [-0.1, -0.05) is 12.1 Å². The van der Waals surface area contributed by atoms with Gasteiger partial charge in [0, 0.05) is 31.8 Å². The summed E-state index contributed by atoms with van der Waals surface area (Å²) < 4.78 is 0. The lowest BCUT2D eigenvalue weighted by Crippen LogP contribution is -2.46. The molecule has 3 amide bonds. The van der Waals surface area contributed by atoms with E-state index >= 15 is 0 Å². The number of nitrogens with one attached hydrogen (secondary N) is 2. The van der Waals surface area contributed by atoms with Gasteiger partial charge >= 0.3 is 12.0 Å². The summed E-state index contributed by atoms with van der Waals surface area (Å²) in [5, 5.41) is 24.5. The number of carboxylic acids is 1. The molecular formula is C16H20N4O6. The van der Waals surface area contributed by atoms with E-state index in [-0.39, 0.29) is 24.7 Å². The van der Waals surface area contributed by atoms with Crippen LogP contribution in [0, 0.1) is 16.0 Å². The fourth-order valence-electron chi connectivity index (χ4n) is 2.62. The van der Waals surface area contributed by atoms with Crippen LogP contribution in [0.5, 0.6) is 0 Å². The summed E-state index contributed by atoms with van der Waals surface area (Å²) in [4.78, 5) is 46.3. The number of nitrogens with zero attached hydrogens (tertiary/aromatic N) is 2. The van der Waals surface area contributed by atoms with Crippen LogP contribution in [0.3, 0.4) is 0 Å². The molecule has 1 heterocycles. The van der Waals surface area contributed by atoms with Gasteiger partial charge in [-0.2, -0.15) is 0 Å². The number of nitro groups is 1. The number of hydrogen-bond acceptors (Lipinski definition) is 5. The number of benzene rings is 1. The molecule has 0 atom stereocenters. The normalized spacial score (nSPS) is 14.5. The van der Waals surface area contributed by atoms with Crippen LogP contribution in [0.2, 0.25) is 0 Å². The molecular weight excluding hydrogens is 344 g/mol. The Kier molecular flexibility index (Phi) is 6.48. The van der Waals surface area contributed by atoms with E-state index in [4.69, 9.17) is 5.11 Å². The third-order valence-electron chi connectivity index (χ3n) is 4.20. The Morgan fingerprint density at radius 1 is 1.15 bits per heavy atom. The number of hydrogen-bond donors (Lipinski definition) is 3. The first kappa shape index (κ1) is 19.2. The van der Waals surface area contributed by atoms with Crippen molar-refractivity contribution in [3.8, 4) is 0 Å². The minimum atomic E-state index is -0.846. The molecule has 1 aromatic carbocycles. The minimum Gasteiger partial charge on any atom is -0.481 e. The van der Waals surface area contributed by atoms with Gasteiger partial charge < -0.3 is 20.6 Å². The fourth-order valence-corrected chi connectivity index (χ4v) is 2.62. The van der Waals surface area contributed by atoms with E-state index < -0.39 is 22.8 Å². The van der Waals surface area contributed by atoms with Crippen molar-refractivity contribution in [2.75, 3.05) is 19.6 Å². The average Bonchev–Trinajstić information content (AvgIpc) is 2.64. The molecule has 0 radical (unpaired) electrons. The summed E-state index contributed by atoms with van der Waals surface area (Å²) in [6, 6.07) is 5.24. The van der Waals surface area contributed by atoms with Crippen LogP contribution in [0.1, 0.15) is 18.4 Å². The van der Waals surface area contributed by atoms with Gasteiger partial charge in [-0.3, -0.25) is 19.7 Å². The Morgan fingerprint density at radius 2 is 1.77 bits per heavy atom. The number of nitro benzene ring substituents is 1. The smallest absolute Gasteiger partial charge is 0.315 e.